The van der Waals surface area contributed by atoms with Gasteiger partial charge < -0.3 is 10.6 Å². The average Bonchev–Trinajstić information content (AvgIpc) is 2.69. The third-order valence-corrected chi connectivity index (χ3v) is 5.22. The van der Waals surface area contributed by atoms with E-state index >= 15 is 0 Å². The molecule has 0 radical (unpaired) electrons. The number of nitrogens with one attached hydrogen (secondary N) is 2. The number of amides is 1. The molecule has 1 saturated heterocycles. The summed E-state index contributed by atoms with van der Waals surface area (Å²) in [6.45, 7) is 3.62. The molecule has 4 rings (SSSR count). The molecule has 1 aromatic heterocycles. The van der Waals surface area contributed by atoms with Gasteiger partial charge in [0.15, 0.2) is 0 Å². The number of para-hydroxylation sites is 1. The van der Waals surface area contributed by atoms with Gasteiger partial charge in [-0.05, 0) is 44.0 Å². The molecule has 0 saturated carbocycles. The molecule has 3 aromatic rings. The second-order valence-electron chi connectivity index (χ2n) is 7.00. The van der Waals surface area contributed by atoms with Gasteiger partial charge in [0.1, 0.15) is 0 Å². The highest BCUT2D eigenvalue weighted by Crippen LogP contribution is 2.29. The van der Waals surface area contributed by atoms with Crippen LogP contribution in [0.4, 0.5) is 0 Å². The van der Waals surface area contributed by atoms with E-state index in [4.69, 9.17) is 0 Å². The molecular formula is C22H23N3O. The molecule has 1 aliphatic heterocycles. The maximum atomic E-state index is 13.2. The second kappa shape index (κ2) is 6.89. The number of hydrogen-bond donors (Lipinski definition) is 2. The Bertz CT molecular complexity index is 931. The Balaban J connectivity index is 1.70. The van der Waals surface area contributed by atoms with Gasteiger partial charge in [0.25, 0.3) is 5.91 Å². The van der Waals surface area contributed by atoms with Gasteiger partial charge in [-0.1, -0.05) is 48.5 Å². The van der Waals surface area contributed by atoms with Crippen LogP contribution in [0.25, 0.3) is 10.9 Å². The van der Waals surface area contributed by atoms with Gasteiger partial charge in [0, 0.05) is 11.9 Å². The van der Waals surface area contributed by atoms with Gasteiger partial charge in [-0.2, -0.15) is 0 Å². The van der Waals surface area contributed by atoms with Crippen molar-refractivity contribution in [3.8, 4) is 0 Å². The summed E-state index contributed by atoms with van der Waals surface area (Å²) in [5, 5.41) is 7.76. The van der Waals surface area contributed by atoms with Gasteiger partial charge in [-0.3, -0.25) is 9.78 Å². The van der Waals surface area contributed by atoms with Gasteiger partial charge >= 0.3 is 0 Å². The van der Waals surface area contributed by atoms with Crippen molar-refractivity contribution in [2.75, 3.05) is 13.1 Å². The van der Waals surface area contributed by atoms with Gasteiger partial charge in [-0.15, -0.1) is 0 Å². The van der Waals surface area contributed by atoms with Crippen molar-refractivity contribution in [2.24, 2.45) is 0 Å². The Kier molecular flexibility index (Phi) is 4.43. The van der Waals surface area contributed by atoms with Crippen molar-refractivity contribution in [3.63, 3.8) is 0 Å². The summed E-state index contributed by atoms with van der Waals surface area (Å²) in [7, 11) is 0. The molecule has 1 fully saturated rings. The van der Waals surface area contributed by atoms with Crippen LogP contribution in [0.1, 0.15) is 34.5 Å². The van der Waals surface area contributed by atoms with Gasteiger partial charge in [0.05, 0.1) is 22.3 Å². The van der Waals surface area contributed by atoms with E-state index in [1.54, 1.807) is 0 Å². The van der Waals surface area contributed by atoms with E-state index in [0.717, 1.165) is 48.1 Å². The minimum atomic E-state index is -0.380. The molecule has 26 heavy (non-hydrogen) atoms. The van der Waals surface area contributed by atoms with Crippen molar-refractivity contribution < 1.29 is 4.79 Å². The maximum Gasteiger partial charge on any atom is 0.253 e. The number of aryl methyl sites for hydroxylation is 1. The number of nitrogens with zero attached hydrogens (tertiary/aromatic N) is 1. The van der Waals surface area contributed by atoms with E-state index in [1.807, 2.05) is 55.5 Å². The summed E-state index contributed by atoms with van der Waals surface area (Å²) in [6.07, 6.45) is 1.96. The quantitative estimate of drug-likeness (QED) is 0.763. The fraction of sp³-hybridized carbons (Fsp3) is 0.273. The number of aromatic nitrogens is 1. The number of piperidine rings is 1. The van der Waals surface area contributed by atoms with Crippen LogP contribution in [0.15, 0.2) is 60.7 Å². The highest BCUT2D eigenvalue weighted by Gasteiger charge is 2.35. The lowest BCUT2D eigenvalue weighted by atomic mass is 9.82. The van der Waals surface area contributed by atoms with E-state index in [-0.39, 0.29) is 11.4 Å². The van der Waals surface area contributed by atoms with E-state index < -0.39 is 0 Å². The van der Waals surface area contributed by atoms with E-state index in [0.29, 0.717) is 5.56 Å². The normalized spacial score (nSPS) is 20.0. The molecule has 2 aromatic carbocycles. The van der Waals surface area contributed by atoms with E-state index in [2.05, 4.69) is 27.8 Å². The largest absolute Gasteiger partial charge is 0.341 e. The summed E-state index contributed by atoms with van der Waals surface area (Å²) < 4.78 is 0. The lowest BCUT2D eigenvalue weighted by Crippen LogP contribution is -2.55. The summed E-state index contributed by atoms with van der Waals surface area (Å²) >= 11 is 0. The summed E-state index contributed by atoms with van der Waals surface area (Å²) in [5.74, 6) is -0.0618. The molecular weight excluding hydrogens is 322 g/mol. The third-order valence-electron chi connectivity index (χ3n) is 5.22. The van der Waals surface area contributed by atoms with Crippen LogP contribution in [0.3, 0.4) is 0 Å². The molecule has 1 amide bonds. The molecule has 0 aliphatic carbocycles. The highest BCUT2D eigenvalue weighted by atomic mass is 16.1. The van der Waals surface area contributed by atoms with Crippen LogP contribution in [-0.2, 0) is 5.54 Å². The predicted octanol–water partition coefficient (Wildman–Crippen LogP) is 3.55. The molecule has 1 atom stereocenters. The Morgan fingerprint density at radius 2 is 1.88 bits per heavy atom. The lowest BCUT2D eigenvalue weighted by Gasteiger charge is -2.39. The maximum absolute atomic E-state index is 13.2. The standard InChI is InChI=1S/C22H23N3O/c1-16-19(14-17-8-5-6-11-20(17)24-16)21(26)25-22(12-7-13-23-15-22)18-9-3-2-4-10-18/h2-6,8-11,14,23H,7,12-13,15H2,1H3,(H,25,26)/t22-/m1/s1. The first-order chi connectivity index (χ1) is 12.7. The van der Waals surface area contributed by atoms with Crippen LogP contribution in [-0.4, -0.2) is 24.0 Å². The Morgan fingerprint density at radius 3 is 2.65 bits per heavy atom. The van der Waals surface area contributed by atoms with Crippen LogP contribution in [0.5, 0.6) is 0 Å². The van der Waals surface area contributed by atoms with Crippen LogP contribution < -0.4 is 10.6 Å². The number of carbonyl (C=O) groups is 1. The van der Waals surface area contributed by atoms with Crippen LogP contribution in [0.2, 0.25) is 0 Å². The summed E-state index contributed by atoms with van der Waals surface area (Å²) in [6, 6.07) is 20.1. The highest BCUT2D eigenvalue weighted by molar-refractivity contribution is 5.99. The SMILES string of the molecule is Cc1nc2ccccc2cc1C(=O)N[C@]1(c2ccccc2)CCCNC1. The molecule has 132 valence electrons. The van der Waals surface area contributed by atoms with E-state index in [9.17, 15) is 4.79 Å². The van der Waals surface area contributed by atoms with Crippen molar-refractivity contribution in [1.82, 2.24) is 15.6 Å². The van der Waals surface area contributed by atoms with Crippen molar-refractivity contribution in [2.45, 2.75) is 25.3 Å². The number of rotatable bonds is 3. The first kappa shape index (κ1) is 16.7. The zero-order valence-corrected chi connectivity index (χ0v) is 15.0. The lowest BCUT2D eigenvalue weighted by molar-refractivity contribution is 0.0875. The molecule has 4 nitrogen and oxygen atoms in total. The molecule has 0 unspecified atom stereocenters. The van der Waals surface area contributed by atoms with Crippen LogP contribution in [0, 0.1) is 6.92 Å². The Hall–Kier alpha value is -2.72. The minimum Gasteiger partial charge on any atom is -0.341 e. The zero-order chi connectivity index (χ0) is 18.0. The number of pyridine rings is 1. The molecule has 0 spiro atoms. The predicted molar refractivity (Wildman–Crippen MR) is 104 cm³/mol. The monoisotopic (exact) mass is 345 g/mol. The average molecular weight is 345 g/mol. The minimum absolute atomic E-state index is 0.0618. The first-order valence-electron chi connectivity index (χ1n) is 9.13. The summed E-state index contributed by atoms with van der Waals surface area (Å²) in [5.41, 5.74) is 3.08. The van der Waals surface area contributed by atoms with Crippen molar-refractivity contribution in [1.29, 1.82) is 0 Å². The number of hydrogen-bond acceptors (Lipinski definition) is 3. The van der Waals surface area contributed by atoms with Crippen molar-refractivity contribution in [3.05, 3.63) is 77.5 Å². The molecule has 0 bridgehead atoms. The Morgan fingerprint density at radius 1 is 1.12 bits per heavy atom. The van der Waals surface area contributed by atoms with Gasteiger partial charge in [-0.25, -0.2) is 0 Å². The second-order valence-corrected chi connectivity index (χ2v) is 7.00. The molecule has 2 N–H and O–H groups in total. The Labute approximate surface area is 153 Å². The first-order valence-corrected chi connectivity index (χ1v) is 9.13. The number of carbonyl (C=O) groups excluding carboxylic acids is 1. The van der Waals surface area contributed by atoms with Gasteiger partial charge in [0.2, 0.25) is 0 Å². The van der Waals surface area contributed by atoms with Crippen LogP contribution >= 0.6 is 0 Å². The van der Waals surface area contributed by atoms with E-state index in [1.165, 1.54) is 0 Å². The summed E-state index contributed by atoms with van der Waals surface area (Å²) in [4.78, 5) is 17.8. The fourth-order valence-electron chi connectivity index (χ4n) is 3.81. The zero-order valence-electron chi connectivity index (χ0n) is 15.0. The molecule has 4 heteroatoms. The smallest absolute Gasteiger partial charge is 0.253 e. The third kappa shape index (κ3) is 3.08. The topological polar surface area (TPSA) is 54.0 Å². The fourth-order valence-corrected chi connectivity index (χ4v) is 3.81. The number of benzene rings is 2. The molecule has 2 heterocycles. The van der Waals surface area contributed by atoms with Crippen molar-refractivity contribution >= 4 is 16.8 Å². The number of fused-ring (bicyclic) bond motifs is 1. The molecule has 1 aliphatic rings.